The number of hydrogen-bond donors (Lipinski definition) is 5. The van der Waals surface area contributed by atoms with Crippen LogP contribution in [0.25, 0.3) is 10.8 Å². The molecule has 0 aliphatic rings. The SMILES string of the molecule is NC(Cc1cc(NC(=CC=O)COc2ccc3ccccc3c2)c(O)cc1O)C(=O)O. The van der Waals surface area contributed by atoms with Crippen molar-refractivity contribution in [2.24, 2.45) is 5.73 Å². The zero-order valence-corrected chi connectivity index (χ0v) is 16.5. The number of carboxylic acid groups (broad SMARTS) is 1. The fourth-order valence-corrected chi connectivity index (χ4v) is 3.01. The van der Waals surface area contributed by atoms with E-state index in [-0.39, 0.29) is 35.8 Å². The minimum Gasteiger partial charge on any atom is -0.508 e. The number of ether oxygens (including phenoxy) is 1. The normalized spacial score (nSPS) is 12.4. The van der Waals surface area contributed by atoms with Gasteiger partial charge in [-0.1, -0.05) is 30.3 Å². The van der Waals surface area contributed by atoms with Gasteiger partial charge in [0.2, 0.25) is 0 Å². The minimum atomic E-state index is -1.22. The number of aliphatic carboxylic acids is 1. The first-order valence-electron chi connectivity index (χ1n) is 9.43. The number of hydrogen-bond acceptors (Lipinski definition) is 7. The zero-order chi connectivity index (χ0) is 22.4. The van der Waals surface area contributed by atoms with Gasteiger partial charge in [-0.2, -0.15) is 0 Å². The van der Waals surface area contributed by atoms with E-state index in [1.165, 1.54) is 12.1 Å². The highest BCUT2D eigenvalue weighted by Crippen LogP contribution is 2.33. The Labute approximate surface area is 178 Å². The van der Waals surface area contributed by atoms with Gasteiger partial charge in [-0.25, -0.2) is 0 Å². The Morgan fingerprint density at radius 1 is 1.06 bits per heavy atom. The molecule has 1 atom stereocenters. The summed E-state index contributed by atoms with van der Waals surface area (Å²) >= 11 is 0. The lowest BCUT2D eigenvalue weighted by molar-refractivity contribution is -0.138. The molecule has 8 nitrogen and oxygen atoms in total. The van der Waals surface area contributed by atoms with Gasteiger partial charge in [0.15, 0.2) is 0 Å². The van der Waals surface area contributed by atoms with E-state index in [0.29, 0.717) is 17.7 Å². The number of phenolic OH excluding ortho intramolecular Hbond substituents is 2. The molecule has 0 aromatic heterocycles. The van der Waals surface area contributed by atoms with Crippen molar-refractivity contribution in [1.29, 1.82) is 0 Å². The molecule has 160 valence electrons. The number of nitrogens with one attached hydrogen (secondary N) is 1. The fraction of sp³-hybridized carbons (Fsp3) is 0.130. The first-order valence-corrected chi connectivity index (χ1v) is 9.43. The third kappa shape index (κ3) is 5.52. The highest BCUT2D eigenvalue weighted by atomic mass is 16.5. The second-order valence-electron chi connectivity index (χ2n) is 6.90. The molecule has 0 bridgehead atoms. The average molecular weight is 422 g/mol. The largest absolute Gasteiger partial charge is 0.508 e. The van der Waals surface area contributed by atoms with Crippen LogP contribution < -0.4 is 15.8 Å². The quantitative estimate of drug-likeness (QED) is 0.153. The van der Waals surface area contributed by atoms with Crippen molar-refractivity contribution in [2.75, 3.05) is 11.9 Å². The van der Waals surface area contributed by atoms with Crippen molar-refractivity contribution in [3.8, 4) is 17.2 Å². The van der Waals surface area contributed by atoms with Crippen molar-refractivity contribution in [3.05, 3.63) is 71.9 Å². The monoisotopic (exact) mass is 422 g/mol. The number of phenols is 2. The number of benzene rings is 3. The summed E-state index contributed by atoms with van der Waals surface area (Å²) < 4.78 is 5.77. The van der Waals surface area contributed by atoms with Gasteiger partial charge < -0.3 is 31.1 Å². The van der Waals surface area contributed by atoms with Crippen LogP contribution in [0.5, 0.6) is 17.2 Å². The lowest BCUT2D eigenvalue weighted by atomic mass is 10.0. The van der Waals surface area contributed by atoms with Gasteiger partial charge in [-0.3, -0.25) is 9.59 Å². The van der Waals surface area contributed by atoms with Crippen molar-refractivity contribution in [1.82, 2.24) is 0 Å². The van der Waals surface area contributed by atoms with E-state index in [1.807, 2.05) is 42.5 Å². The van der Waals surface area contributed by atoms with Crippen molar-refractivity contribution < 1.29 is 29.6 Å². The maximum absolute atomic E-state index is 11.1. The van der Waals surface area contributed by atoms with E-state index in [0.717, 1.165) is 16.8 Å². The van der Waals surface area contributed by atoms with E-state index in [4.69, 9.17) is 15.6 Å². The van der Waals surface area contributed by atoms with Crippen LogP contribution in [0.15, 0.2) is 66.4 Å². The molecular weight excluding hydrogens is 400 g/mol. The topological polar surface area (TPSA) is 142 Å². The summed E-state index contributed by atoms with van der Waals surface area (Å²) in [7, 11) is 0. The molecule has 3 rings (SSSR count). The molecule has 0 radical (unpaired) electrons. The number of rotatable bonds is 9. The van der Waals surface area contributed by atoms with E-state index in [2.05, 4.69) is 5.32 Å². The van der Waals surface area contributed by atoms with E-state index in [1.54, 1.807) is 0 Å². The Bertz CT molecular complexity index is 1140. The number of aromatic hydroxyl groups is 2. The van der Waals surface area contributed by atoms with Gasteiger partial charge in [0.25, 0.3) is 0 Å². The summed E-state index contributed by atoms with van der Waals surface area (Å²) in [4.78, 5) is 22.1. The lowest BCUT2D eigenvalue weighted by Crippen LogP contribution is -2.32. The molecule has 0 aliphatic heterocycles. The smallest absolute Gasteiger partial charge is 0.320 e. The summed E-state index contributed by atoms with van der Waals surface area (Å²) in [6.07, 6.45) is 1.68. The van der Waals surface area contributed by atoms with Gasteiger partial charge in [-0.15, -0.1) is 0 Å². The van der Waals surface area contributed by atoms with Gasteiger partial charge in [0.1, 0.15) is 36.2 Å². The summed E-state index contributed by atoms with van der Waals surface area (Å²) in [5, 5.41) is 34.1. The Balaban J connectivity index is 1.76. The van der Waals surface area contributed by atoms with Gasteiger partial charge in [-0.05, 0) is 34.5 Å². The molecule has 0 spiro atoms. The van der Waals surface area contributed by atoms with Crippen LogP contribution in [0.4, 0.5) is 5.69 Å². The third-order valence-electron chi connectivity index (χ3n) is 4.63. The van der Waals surface area contributed by atoms with Crippen LogP contribution in [-0.4, -0.2) is 40.2 Å². The predicted molar refractivity (Wildman–Crippen MR) is 116 cm³/mol. The molecule has 3 aromatic carbocycles. The van der Waals surface area contributed by atoms with Gasteiger partial charge >= 0.3 is 5.97 Å². The number of anilines is 1. The van der Waals surface area contributed by atoms with Crippen LogP contribution in [-0.2, 0) is 16.0 Å². The molecular formula is C23H22N2O6. The predicted octanol–water partition coefficient (Wildman–Crippen LogP) is 2.78. The lowest BCUT2D eigenvalue weighted by Gasteiger charge is -2.16. The van der Waals surface area contributed by atoms with E-state index >= 15 is 0 Å². The molecule has 0 saturated heterocycles. The van der Waals surface area contributed by atoms with Crippen molar-refractivity contribution in [3.63, 3.8) is 0 Å². The zero-order valence-electron chi connectivity index (χ0n) is 16.5. The number of aldehydes is 1. The molecule has 0 heterocycles. The number of allylic oxidation sites excluding steroid dienone is 1. The molecule has 6 N–H and O–H groups in total. The van der Waals surface area contributed by atoms with Crippen LogP contribution in [0, 0.1) is 0 Å². The minimum absolute atomic E-state index is 0.00136. The second kappa shape index (κ2) is 9.64. The second-order valence-corrected chi connectivity index (χ2v) is 6.90. The summed E-state index contributed by atoms with van der Waals surface area (Å²) in [6.45, 7) is 0.00136. The van der Waals surface area contributed by atoms with Crippen LogP contribution in [0.1, 0.15) is 5.56 Å². The first kappa shape index (κ1) is 21.7. The molecule has 0 aliphatic carbocycles. The highest BCUT2D eigenvalue weighted by Gasteiger charge is 2.17. The highest BCUT2D eigenvalue weighted by molar-refractivity contribution is 5.83. The Hall–Kier alpha value is -4.04. The third-order valence-corrected chi connectivity index (χ3v) is 4.63. The van der Waals surface area contributed by atoms with Crippen LogP contribution in [0.2, 0.25) is 0 Å². The Morgan fingerprint density at radius 2 is 1.81 bits per heavy atom. The van der Waals surface area contributed by atoms with Crippen LogP contribution in [0.3, 0.4) is 0 Å². The summed E-state index contributed by atoms with van der Waals surface area (Å²) in [5.41, 5.74) is 6.28. The summed E-state index contributed by atoms with van der Waals surface area (Å²) in [5.74, 6) is -1.19. The number of carboxylic acids is 1. The molecule has 0 fully saturated rings. The molecule has 1 unspecified atom stereocenters. The fourth-order valence-electron chi connectivity index (χ4n) is 3.01. The standard InChI is InChI=1S/C23H22N2O6/c24-19(23(29)30)10-16-11-20(22(28)12-21(16)27)25-17(7-8-26)13-31-18-6-5-14-3-1-2-4-15(14)9-18/h1-9,11-12,19,25,27-28H,10,13,24H2,(H,29,30). The van der Waals surface area contributed by atoms with Gasteiger partial charge in [0.05, 0.1) is 11.4 Å². The number of nitrogens with two attached hydrogens (primary N) is 1. The summed E-state index contributed by atoms with van der Waals surface area (Å²) in [6, 6.07) is 14.7. The molecule has 8 heteroatoms. The van der Waals surface area contributed by atoms with Crippen LogP contribution >= 0.6 is 0 Å². The molecule has 31 heavy (non-hydrogen) atoms. The molecule has 0 amide bonds. The maximum atomic E-state index is 11.1. The van der Waals surface area contributed by atoms with Crippen molar-refractivity contribution >= 4 is 28.7 Å². The van der Waals surface area contributed by atoms with Crippen molar-refractivity contribution in [2.45, 2.75) is 12.5 Å². The molecule has 0 saturated carbocycles. The molecule has 3 aromatic rings. The van der Waals surface area contributed by atoms with E-state index in [9.17, 15) is 19.8 Å². The van der Waals surface area contributed by atoms with Gasteiger partial charge in [0, 0.05) is 18.6 Å². The number of carbonyl (C=O) groups excluding carboxylic acids is 1. The number of fused-ring (bicyclic) bond motifs is 1. The Kier molecular flexibility index (Phi) is 6.74. The average Bonchev–Trinajstić information content (AvgIpc) is 2.75. The first-order chi connectivity index (χ1) is 14.9. The van der Waals surface area contributed by atoms with E-state index < -0.39 is 12.0 Å². The maximum Gasteiger partial charge on any atom is 0.320 e. The Morgan fingerprint density at radius 3 is 2.52 bits per heavy atom. The number of carbonyl (C=O) groups is 2.